The predicted molar refractivity (Wildman–Crippen MR) is 67.7 cm³/mol. The normalized spacial score (nSPS) is 10.5. The maximum absolute atomic E-state index is 13.2. The second-order valence-electron chi connectivity index (χ2n) is 3.74. The number of thiophene rings is 1. The summed E-state index contributed by atoms with van der Waals surface area (Å²) in [6, 6.07) is 2.26. The van der Waals surface area contributed by atoms with Gasteiger partial charge < -0.3 is 10.8 Å². The van der Waals surface area contributed by atoms with Crippen LogP contribution in [0.1, 0.15) is 9.67 Å². The number of rotatable bonds is 3. The number of hydrogen-bond donors (Lipinski definition) is 2. The zero-order valence-electron chi connectivity index (χ0n) is 9.59. The van der Waals surface area contributed by atoms with Gasteiger partial charge in [-0.05, 0) is 12.1 Å². The van der Waals surface area contributed by atoms with E-state index in [1.807, 2.05) is 0 Å². The van der Waals surface area contributed by atoms with Crippen molar-refractivity contribution in [1.82, 2.24) is 0 Å². The number of carbonyl (C=O) groups is 1. The fourth-order valence-corrected chi connectivity index (χ4v) is 2.53. The first-order valence-electron chi connectivity index (χ1n) is 5.07. The Morgan fingerprint density at radius 1 is 1.30 bits per heavy atom. The first kappa shape index (κ1) is 13.9. The van der Waals surface area contributed by atoms with Crippen LogP contribution in [0.2, 0.25) is 0 Å². The molecule has 0 saturated carbocycles. The lowest BCUT2D eigenvalue weighted by molar-refractivity contribution is -0.384. The number of nitrogen functional groups attached to an aromatic ring is 1. The van der Waals surface area contributed by atoms with Crippen LogP contribution in [0.15, 0.2) is 18.2 Å². The summed E-state index contributed by atoms with van der Waals surface area (Å²) in [4.78, 5) is 20.7. The average Bonchev–Trinajstić information content (AvgIpc) is 2.74. The van der Waals surface area contributed by atoms with Crippen molar-refractivity contribution in [3.05, 3.63) is 44.8 Å². The molecule has 1 heterocycles. The lowest BCUT2D eigenvalue weighted by Gasteiger charge is -2.01. The van der Waals surface area contributed by atoms with E-state index >= 15 is 0 Å². The zero-order valence-corrected chi connectivity index (χ0v) is 10.4. The zero-order chi connectivity index (χ0) is 15.0. The van der Waals surface area contributed by atoms with Crippen LogP contribution in [0.25, 0.3) is 10.4 Å². The second kappa shape index (κ2) is 4.85. The Bertz CT molecular complexity index is 729. The van der Waals surface area contributed by atoms with Gasteiger partial charge >= 0.3 is 5.97 Å². The molecule has 0 spiro atoms. The third-order valence-electron chi connectivity index (χ3n) is 2.46. The Morgan fingerprint density at radius 3 is 2.40 bits per heavy atom. The Kier molecular flexibility index (Phi) is 3.36. The molecular formula is C11H6F2N2O4S. The van der Waals surface area contributed by atoms with E-state index in [1.165, 1.54) is 6.07 Å². The summed E-state index contributed by atoms with van der Waals surface area (Å²) in [6.07, 6.45) is 0. The van der Waals surface area contributed by atoms with Gasteiger partial charge in [-0.2, -0.15) is 0 Å². The molecule has 0 aliphatic heterocycles. The summed E-state index contributed by atoms with van der Waals surface area (Å²) in [6.45, 7) is 0. The van der Waals surface area contributed by atoms with Gasteiger partial charge in [0.25, 0.3) is 5.69 Å². The highest BCUT2D eigenvalue weighted by Gasteiger charge is 2.23. The van der Waals surface area contributed by atoms with Crippen LogP contribution in [-0.4, -0.2) is 16.0 Å². The molecule has 2 aromatic rings. The molecule has 0 unspecified atom stereocenters. The third kappa shape index (κ3) is 2.30. The van der Waals surface area contributed by atoms with Crippen molar-refractivity contribution >= 4 is 28.7 Å². The summed E-state index contributed by atoms with van der Waals surface area (Å²) < 4.78 is 26.3. The summed E-state index contributed by atoms with van der Waals surface area (Å²) in [5.74, 6) is -3.93. The lowest BCUT2D eigenvalue weighted by atomic mass is 10.1. The second-order valence-corrected chi connectivity index (χ2v) is 4.79. The van der Waals surface area contributed by atoms with E-state index in [2.05, 4.69) is 0 Å². The molecule has 0 aliphatic carbocycles. The minimum atomic E-state index is -1.36. The Balaban J connectivity index is 2.68. The summed E-state index contributed by atoms with van der Waals surface area (Å²) in [5, 5.41) is 19.7. The number of nitro groups is 1. The predicted octanol–water partition coefficient (Wildman–Crippen LogP) is 2.88. The number of aromatic carboxylic acids is 1. The SMILES string of the molecule is Nc1cc(-c2cc(F)c(F)cc2[N+](=O)[O-])sc1C(=O)O. The lowest BCUT2D eigenvalue weighted by Crippen LogP contribution is -1.96. The molecule has 1 aromatic carbocycles. The molecule has 0 atom stereocenters. The number of nitrogens with two attached hydrogens (primary N) is 1. The van der Waals surface area contributed by atoms with Crippen LogP contribution in [0.5, 0.6) is 0 Å². The molecule has 0 bridgehead atoms. The van der Waals surface area contributed by atoms with E-state index in [1.54, 1.807) is 0 Å². The summed E-state index contributed by atoms with van der Waals surface area (Å²) >= 11 is 0.649. The van der Waals surface area contributed by atoms with Gasteiger partial charge in [0.15, 0.2) is 11.6 Å². The topological polar surface area (TPSA) is 106 Å². The van der Waals surface area contributed by atoms with Crippen LogP contribution >= 0.6 is 11.3 Å². The van der Waals surface area contributed by atoms with Crippen molar-refractivity contribution in [2.45, 2.75) is 0 Å². The number of carboxylic acids is 1. The molecule has 104 valence electrons. The van der Waals surface area contributed by atoms with Gasteiger partial charge in [-0.15, -0.1) is 11.3 Å². The fourth-order valence-electron chi connectivity index (χ4n) is 1.59. The van der Waals surface area contributed by atoms with E-state index < -0.39 is 28.2 Å². The Hall–Kier alpha value is -2.55. The molecule has 20 heavy (non-hydrogen) atoms. The standard InChI is InChI=1S/C11H6F2N2O4S/c12-5-1-4(8(15(18)19)2-6(5)13)9-3-7(14)10(20-9)11(16)17/h1-3H,14H2,(H,16,17). The van der Waals surface area contributed by atoms with Gasteiger partial charge in [0.1, 0.15) is 4.88 Å². The molecule has 1 aromatic heterocycles. The molecule has 3 N–H and O–H groups in total. The average molecular weight is 300 g/mol. The van der Waals surface area contributed by atoms with E-state index in [0.29, 0.717) is 23.5 Å². The largest absolute Gasteiger partial charge is 0.477 e. The molecule has 0 radical (unpaired) electrons. The third-order valence-corrected chi connectivity index (χ3v) is 3.63. The van der Waals surface area contributed by atoms with Crippen molar-refractivity contribution in [3.63, 3.8) is 0 Å². The van der Waals surface area contributed by atoms with Gasteiger partial charge in [-0.3, -0.25) is 10.1 Å². The van der Waals surface area contributed by atoms with Gasteiger partial charge in [-0.25, -0.2) is 13.6 Å². The Labute approximate surface area is 114 Å². The van der Waals surface area contributed by atoms with Gasteiger partial charge in [0, 0.05) is 4.88 Å². The highest BCUT2D eigenvalue weighted by molar-refractivity contribution is 7.18. The molecular weight excluding hydrogens is 294 g/mol. The van der Waals surface area contributed by atoms with E-state index in [9.17, 15) is 23.7 Å². The molecule has 9 heteroatoms. The minimum Gasteiger partial charge on any atom is -0.477 e. The number of carboxylic acid groups (broad SMARTS) is 1. The van der Waals surface area contributed by atoms with Gasteiger partial charge in [-0.1, -0.05) is 0 Å². The molecule has 2 rings (SSSR count). The van der Waals surface area contributed by atoms with Crippen LogP contribution in [0.4, 0.5) is 20.2 Å². The maximum atomic E-state index is 13.2. The molecule has 0 fully saturated rings. The first-order valence-corrected chi connectivity index (χ1v) is 5.89. The first-order chi connectivity index (χ1) is 9.31. The Morgan fingerprint density at radius 2 is 1.90 bits per heavy atom. The van der Waals surface area contributed by atoms with Crippen LogP contribution < -0.4 is 5.73 Å². The quantitative estimate of drug-likeness (QED) is 0.669. The highest BCUT2D eigenvalue weighted by atomic mass is 32.1. The van der Waals surface area contributed by atoms with Gasteiger partial charge in [0.05, 0.1) is 22.2 Å². The van der Waals surface area contributed by atoms with Crippen LogP contribution in [0, 0.1) is 21.7 Å². The molecule has 6 nitrogen and oxygen atoms in total. The maximum Gasteiger partial charge on any atom is 0.348 e. The number of benzene rings is 1. The monoisotopic (exact) mass is 300 g/mol. The smallest absolute Gasteiger partial charge is 0.348 e. The van der Waals surface area contributed by atoms with Gasteiger partial charge in [0.2, 0.25) is 0 Å². The molecule has 0 saturated heterocycles. The number of hydrogen-bond acceptors (Lipinski definition) is 5. The number of nitro benzene ring substituents is 1. The number of nitrogens with zero attached hydrogens (tertiary/aromatic N) is 1. The minimum absolute atomic E-state index is 0.0745. The van der Waals surface area contributed by atoms with E-state index in [4.69, 9.17) is 10.8 Å². The van der Waals surface area contributed by atoms with Crippen molar-refractivity contribution < 1.29 is 23.6 Å². The van der Waals surface area contributed by atoms with Crippen molar-refractivity contribution in [1.29, 1.82) is 0 Å². The molecule has 0 aliphatic rings. The fraction of sp³-hybridized carbons (Fsp3) is 0. The van der Waals surface area contributed by atoms with E-state index in [0.717, 1.165) is 0 Å². The van der Waals surface area contributed by atoms with Crippen LogP contribution in [0.3, 0.4) is 0 Å². The van der Waals surface area contributed by atoms with E-state index in [-0.39, 0.29) is 21.0 Å². The van der Waals surface area contributed by atoms with Crippen LogP contribution in [-0.2, 0) is 0 Å². The molecule has 0 amide bonds. The summed E-state index contributed by atoms with van der Waals surface area (Å²) in [5.41, 5.74) is 4.48. The summed E-state index contributed by atoms with van der Waals surface area (Å²) in [7, 11) is 0. The van der Waals surface area contributed by atoms with Crippen molar-refractivity contribution in [3.8, 4) is 10.4 Å². The van der Waals surface area contributed by atoms with Crippen molar-refractivity contribution in [2.24, 2.45) is 0 Å². The number of anilines is 1. The van der Waals surface area contributed by atoms with Crippen molar-refractivity contribution in [2.75, 3.05) is 5.73 Å². The number of halogens is 2. The highest BCUT2D eigenvalue weighted by Crippen LogP contribution is 2.38.